The number of rotatable bonds is 4. The van der Waals surface area contributed by atoms with Gasteiger partial charge in [-0.2, -0.15) is 0 Å². The van der Waals surface area contributed by atoms with Gasteiger partial charge in [-0.15, -0.1) is 0 Å². The number of nitrogens with zero attached hydrogens (tertiary/aromatic N) is 1. The zero-order valence-electron chi connectivity index (χ0n) is 12.8. The van der Waals surface area contributed by atoms with Crippen LogP contribution in [0.2, 0.25) is 0 Å². The summed E-state index contributed by atoms with van der Waals surface area (Å²) in [6, 6.07) is 13.5. The molecule has 0 amide bonds. The normalized spacial score (nSPS) is 17.7. The maximum atomic E-state index is 12.9. The van der Waals surface area contributed by atoms with Gasteiger partial charge in [0.1, 0.15) is 5.75 Å². The van der Waals surface area contributed by atoms with Crippen molar-refractivity contribution in [2.45, 2.75) is 24.3 Å². The number of para-hydroxylation sites is 1. The summed E-state index contributed by atoms with van der Waals surface area (Å²) in [7, 11) is -3.66. The van der Waals surface area contributed by atoms with Gasteiger partial charge in [-0.25, -0.2) is 8.42 Å². The number of hydrogen-bond acceptors (Lipinski definition) is 4. The van der Waals surface area contributed by atoms with Gasteiger partial charge in [0.2, 0.25) is 0 Å². The summed E-state index contributed by atoms with van der Waals surface area (Å²) in [5, 5.41) is 10.1. The molecule has 0 saturated carbocycles. The molecule has 1 heterocycles. The average molecular weight is 333 g/mol. The summed E-state index contributed by atoms with van der Waals surface area (Å²) in [5.74, 6) is 0.640. The molecule has 0 spiro atoms. The number of anilines is 1. The largest absolute Gasteiger partial charge is 0.494 e. The monoisotopic (exact) mass is 333 g/mol. The summed E-state index contributed by atoms with van der Waals surface area (Å²) >= 11 is 0. The van der Waals surface area contributed by atoms with E-state index in [1.807, 2.05) is 6.92 Å². The van der Waals surface area contributed by atoms with Crippen LogP contribution >= 0.6 is 0 Å². The molecule has 0 aromatic heterocycles. The Hall–Kier alpha value is -2.05. The van der Waals surface area contributed by atoms with Crippen molar-refractivity contribution in [3.8, 4) is 5.75 Å². The second-order valence-electron chi connectivity index (χ2n) is 5.34. The van der Waals surface area contributed by atoms with Gasteiger partial charge in [0, 0.05) is 12.1 Å². The Morgan fingerprint density at radius 2 is 1.87 bits per heavy atom. The first-order chi connectivity index (χ1) is 11.0. The van der Waals surface area contributed by atoms with Gasteiger partial charge in [0.25, 0.3) is 10.0 Å². The zero-order valence-corrected chi connectivity index (χ0v) is 13.7. The van der Waals surface area contributed by atoms with Crippen molar-refractivity contribution in [3.63, 3.8) is 0 Å². The molecule has 0 aliphatic carbocycles. The lowest BCUT2D eigenvalue weighted by atomic mass is 10.0. The lowest BCUT2D eigenvalue weighted by Crippen LogP contribution is -2.36. The van der Waals surface area contributed by atoms with Crippen LogP contribution in [0.4, 0.5) is 5.69 Å². The van der Waals surface area contributed by atoms with Crippen LogP contribution in [0.5, 0.6) is 5.75 Å². The molecule has 1 atom stereocenters. The highest BCUT2D eigenvalue weighted by Gasteiger charge is 2.32. The predicted octanol–water partition coefficient (Wildman–Crippen LogP) is 2.72. The summed E-state index contributed by atoms with van der Waals surface area (Å²) in [4.78, 5) is 0.215. The van der Waals surface area contributed by atoms with Gasteiger partial charge in [-0.05, 0) is 43.7 Å². The van der Waals surface area contributed by atoms with E-state index in [0.717, 1.165) is 0 Å². The van der Waals surface area contributed by atoms with Gasteiger partial charge in [-0.1, -0.05) is 18.2 Å². The molecule has 5 nitrogen and oxygen atoms in total. The fourth-order valence-electron chi connectivity index (χ4n) is 2.76. The second-order valence-corrected chi connectivity index (χ2v) is 7.21. The molecule has 2 aromatic rings. The van der Waals surface area contributed by atoms with E-state index in [9.17, 15) is 13.5 Å². The molecule has 1 aliphatic heterocycles. The van der Waals surface area contributed by atoms with E-state index in [1.165, 1.54) is 4.31 Å². The SMILES string of the molecule is CCOc1ccc(S(=O)(=O)N2CCC(O)c3ccccc32)cc1. The van der Waals surface area contributed by atoms with Crippen LogP contribution in [0, 0.1) is 0 Å². The minimum absolute atomic E-state index is 0.215. The second kappa shape index (κ2) is 6.22. The van der Waals surface area contributed by atoms with Gasteiger partial charge < -0.3 is 9.84 Å². The third kappa shape index (κ3) is 2.92. The molecule has 3 rings (SSSR count). The van der Waals surface area contributed by atoms with Crippen LogP contribution in [0.3, 0.4) is 0 Å². The Labute approximate surface area is 136 Å². The third-order valence-corrected chi connectivity index (χ3v) is 5.72. The summed E-state index contributed by atoms with van der Waals surface area (Å²) in [6.07, 6.45) is -0.245. The highest BCUT2D eigenvalue weighted by Crippen LogP contribution is 2.36. The Morgan fingerprint density at radius 1 is 1.17 bits per heavy atom. The number of aliphatic hydroxyl groups excluding tert-OH is 1. The fraction of sp³-hybridized carbons (Fsp3) is 0.294. The van der Waals surface area contributed by atoms with Crippen LogP contribution in [0.1, 0.15) is 25.0 Å². The average Bonchev–Trinajstić information content (AvgIpc) is 2.56. The molecule has 0 fully saturated rings. The minimum atomic E-state index is -3.66. The van der Waals surface area contributed by atoms with E-state index in [1.54, 1.807) is 48.5 Å². The molecule has 1 unspecified atom stereocenters. The molecule has 1 aliphatic rings. The van der Waals surface area contributed by atoms with Gasteiger partial charge in [-0.3, -0.25) is 4.31 Å². The van der Waals surface area contributed by atoms with Gasteiger partial charge in [0.05, 0.1) is 23.3 Å². The molecule has 122 valence electrons. The van der Waals surface area contributed by atoms with E-state index in [4.69, 9.17) is 4.74 Å². The maximum absolute atomic E-state index is 12.9. The van der Waals surface area contributed by atoms with E-state index < -0.39 is 16.1 Å². The topological polar surface area (TPSA) is 66.8 Å². The number of hydrogen-bond donors (Lipinski definition) is 1. The van der Waals surface area contributed by atoms with Gasteiger partial charge in [0.15, 0.2) is 0 Å². The standard InChI is InChI=1S/C17H19NO4S/c1-2-22-13-7-9-14(10-8-13)23(20,21)18-12-11-17(19)15-5-3-4-6-16(15)18/h3-10,17,19H,2,11-12H2,1H3. The van der Waals surface area contributed by atoms with Gasteiger partial charge >= 0.3 is 0 Å². The molecule has 6 heteroatoms. The minimum Gasteiger partial charge on any atom is -0.494 e. The highest BCUT2D eigenvalue weighted by atomic mass is 32.2. The van der Waals surface area contributed by atoms with Crippen LogP contribution in [0.25, 0.3) is 0 Å². The lowest BCUT2D eigenvalue weighted by Gasteiger charge is -2.32. The summed E-state index contributed by atoms with van der Waals surface area (Å²) in [6.45, 7) is 2.66. The van der Waals surface area contributed by atoms with Crippen LogP contribution in [-0.2, 0) is 10.0 Å². The maximum Gasteiger partial charge on any atom is 0.264 e. The van der Waals surface area contributed by atoms with Crippen molar-refractivity contribution in [3.05, 3.63) is 54.1 Å². The fourth-order valence-corrected chi connectivity index (χ4v) is 4.27. The molecule has 0 saturated heterocycles. The van der Waals surface area contributed by atoms with Crippen molar-refractivity contribution >= 4 is 15.7 Å². The van der Waals surface area contributed by atoms with Crippen molar-refractivity contribution in [2.75, 3.05) is 17.5 Å². The van der Waals surface area contributed by atoms with E-state index in [0.29, 0.717) is 30.0 Å². The van der Waals surface area contributed by atoms with Crippen LogP contribution in [-0.4, -0.2) is 26.7 Å². The first-order valence-electron chi connectivity index (χ1n) is 7.56. The zero-order chi connectivity index (χ0) is 16.4. The molecular weight excluding hydrogens is 314 g/mol. The van der Waals surface area contributed by atoms with Crippen molar-refractivity contribution < 1.29 is 18.3 Å². The Kier molecular flexibility index (Phi) is 4.28. The summed E-state index contributed by atoms with van der Waals surface area (Å²) < 4.78 is 32.6. The van der Waals surface area contributed by atoms with Crippen molar-refractivity contribution in [2.24, 2.45) is 0 Å². The Balaban J connectivity index is 1.98. The molecule has 1 N–H and O–H groups in total. The molecular formula is C17H19NO4S. The Morgan fingerprint density at radius 3 is 2.57 bits per heavy atom. The highest BCUT2D eigenvalue weighted by molar-refractivity contribution is 7.92. The first-order valence-corrected chi connectivity index (χ1v) is 9.00. The molecule has 23 heavy (non-hydrogen) atoms. The van der Waals surface area contributed by atoms with Crippen LogP contribution < -0.4 is 9.04 Å². The third-order valence-electron chi connectivity index (χ3n) is 3.89. The number of sulfonamides is 1. The molecule has 0 bridgehead atoms. The van der Waals surface area contributed by atoms with E-state index in [2.05, 4.69) is 0 Å². The number of benzene rings is 2. The van der Waals surface area contributed by atoms with Crippen LogP contribution in [0.15, 0.2) is 53.4 Å². The lowest BCUT2D eigenvalue weighted by molar-refractivity contribution is 0.166. The predicted molar refractivity (Wildman–Crippen MR) is 88.2 cm³/mol. The number of aliphatic hydroxyl groups is 1. The van der Waals surface area contributed by atoms with E-state index in [-0.39, 0.29) is 11.4 Å². The smallest absolute Gasteiger partial charge is 0.264 e. The quantitative estimate of drug-likeness (QED) is 0.934. The van der Waals surface area contributed by atoms with E-state index >= 15 is 0 Å². The Bertz CT molecular complexity index is 786. The number of ether oxygens (including phenoxy) is 1. The van der Waals surface area contributed by atoms with Crippen molar-refractivity contribution in [1.29, 1.82) is 0 Å². The van der Waals surface area contributed by atoms with Crippen molar-refractivity contribution in [1.82, 2.24) is 0 Å². The molecule has 2 aromatic carbocycles. The first kappa shape index (κ1) is 15.8. The summed E-state index contributed by atoms with van der Waals surface area (Å²) in [5.41, 5.74) is 1.19. The number of fused-ring (bicyclic) bond motifs is 1. The molecule has 0 radical (unpaired) electrons.